The van der Waals surface area contributed by atoms with Gasteiger partial charge in [-0.25, -0.2) is 9.97 Å². The molecule has 0 aromatic carbocycles. The maximum atomic E-state index is 12.0. The van der Waals surface area contributed by atoms with E-state index in [1.807, 2.05) is 0 Å². The summed E-state index contributed by atoms with van der Waals surface area (Å²) in [6.45, 7) is 0. The summed E-state index contributed by atoms with van der Waals surface area (Å²) in [6.07, 6.45) is -3.34. The SMILES string of the molecule is O=CCc1cc(C(F)(F)F)ncn1. The van der Waals surface area contributed by atoms with E-state index in [2.05, 4.69) is 9.97 Å². The Bertz CT molecular complexity index is 311. The Morgan fingerprint density at radius 3 is 2.62 bits per heavy atom. The molecule has 0 spiro atoms. The Morgan fingerprint density at radius 1 is 1.38 bits per heavy atom. The van der Waals surface area contributed by atoms with Gasteiger partial charge in [0.1, 0.15) is 18.3 Å². The maximum absolute atomic E-state index is 12.0. The minimum atomic E-state index is -4.49. The van der Waals surface area contributed by atoms with E-state index in [9.17, 15) is 18.0 Å². The molecule has 0 atom stereocenters. The van der Waals surface area contributed by atoms with Crippen molar-refractivity contribution in [2.24, 2.45) is 0 Å². The normalized spacial score (nSPS) is 11.3. The fourth-order valence-electron chi connectivity index (χ4n) is 0.750. The Hall–Kier alpha value is -1.46. The van der Waals surface area contributed by atoms with E-state index in [0.717, 1.165) is 12.4 Å². The average molecular weight is 190 g/mol. The van der Waals surface area contributed by atoms with Gasteiger partial charge < -0.3 is 4.79 Å². The van der Waals surface area contributed by atoms with Gasteiger partial charge in [0, 0.05) is 6.42 Å². The van der Waals surface area contributed by atoms with Gasteiger partial charge >= 0.3 is 6.18 Å². The van der Waals surface area contributed by atoms with Crippen molar-refractivity contribution in [2.45, 2.75) is 12.6 Å². The summed E-state index contributed by atoms with van der Waals surface area (Å²) < 4.78 is 36.1. The molecule has 6 heteroatoms. The predicted molar refractivity (Wildman–Crippen MR) is 36.8 cm³/mol. The van der Waals surface area contributed by atoms with Crippen LogP contribution in [0.1, 0.15) is 11.4 Å². The molecule has 70 valence electrons. The van der Waals surface area contributed by atoms with Crippen molar-refractivity contribution in [2.75, 3.05) is 0 Å². The van der Waals surface area contributed by atoms with E-state index in [-0.39, 0.29) is 12.1 Å². The summed E-state index contributed by atoms with van der Waals surface area (Å²) in [4.78, 5) is 16.5. The number of aromatic nitrogens is 2. The number of hydrogen-bond donors (Lipinski definition) is 0. The van der Waals surface area contributed by atoms with Crippen LogP contribution in [0.25, 0.3) is 0 Å². The van der Waals surface area contributed by atoms with Crippen LogP contribution in [0.5, 0.6) is 0 Å². The van der Waals surface area contributed by atoms with Crippen LogP contribution in [0.4, 0.5) is 13.2 Å². The first-order valence-corrected chi connectivity index (χ1v) is 3.36. The Balaban J connectivity index is 2.98. The van der Waals surface area contributed by atoms with Crippen molar-refractivity contribution in [3.8, 4) is 0 Å². The molecule has 0 N–H and O–H groups in total. The van der Waals surface area contributed by atoms with Crippen LogP contribution in [0, 0.1) is 0 Å². The molecule has 0 radical (unpaired) electrons. The first kappa shape index (κ1) is 9.63. The second kappa shape index (κ2) is 3.51. The van der Waals surface area contributed by atoms with Crippen molar-refractivity contribution in [1.29, 1.82) is 0 Å². The van der Waals surface area contributed by atoms with Gasteiger partial charge in [-0.05, 0) is 6.07 Å². The van der Waals surface area contributed by atoms with Crippen molar-refractivity contribution in [3.05, 3.63) is 23.8 Å². The highest BCUT2D eigenvalue weighted by Crippen LogP contribution is 2.27. The molecule has 0 saturated heterocycles. The minimum absolute atomic E-state index is 0.0670. The molecule has 0 aliphatic rings. The van der Waals surface area contributed by atoms with Crippen molar-refractivity contribution in [1.82, 2.24) is 9.97 Å². The van der Waals surface area contributed by atoms with Crippen molar-refractivity contribution < 1.29 is 18.0 Å². The maximum Gasteiger partial charge on any atom is 0.433 e. The average Bonchev–Trinajstić information content (AvgIpc) is 2.04. The van der Waals surface area contributed by atoms with Gasteiger partial charge in [0.2, 0.25) is 0 Å². The van der Waals surface area contributed by atoms with Gasteiger partial charge in [0.05, 0.1) is 5.69 Å². The molecule has 0 bridgehead atoms. The standard InChI is InChI=1S/C7H5F3N2O/c8-7(9,10)6-3-5(1-2-13)11-4-12-6/h2-4H,1H2. The largest absolute Gasteiger partial charge is 0.433 e. The first-order chi connectivity index (χ1) is 6.04. The van der Waals surface area contributed by atoms with E-state index >= 15 is 0 Å². The number of carbonyl (C=O) groups is 1. The predicted octanol–water partition coefficient (Wildman–Crippen LogP) is 1.24. The number of alkyl halides is 3. The summed E-state index contributed by atoms with van der Waals surface area (Å²) in [7, 11) is 0. The van der Waals surface area contributed by atoms with Gasteiger partial charge in [-0.3, -0.25) is 0 Å². The first-order valence-electron chi connectivity index (χ1n) is 3.36. The third-order valence-corrected chi connectivity index (χ3v) is 1.31. The molecule has 1 rings (SSSR count). The lowest BCUT2D eigenvalue weighted by Crippen LogP contribution is -2.09. The van der Waals surface area contributed by atoms with Gasteiger partial charge in [-0.2, -0.15) is 13.2 Å². The molecule has 3 nitrogen and oxygen atoms in total. The van der Waals surface area contributed by atoms with Gasteiger partial charge in [0.25, 0.3) is 0 Å². The van der Waals surface area contributed by atoms with Crippen molar-refractivity contribution >= 4 is 6.29 Å². The van der Waals surface area contributed by atoms with E-state index in [1.54, 1.807) is 0 Å². The van der Waals surface area contributed by atoms with Crippen LogP contribution in [0.15, 0.2) is 12.4 Å². The molecule has 0 amide bonds. The fraction of sp³-hybridized carbons (Fsp3) is 0.286. The number of carbonyl (C=O) groups excluding carboxylic acids is 1. The number of nitrogens with zero attached hydrogens (tertiary/aromatic N) is 2. The smallest absolute Gasteiger partial charge is 0.303 e. The fourth-order valence-corrected chi connectivity index (χ4v) is 0.750. The summed E-state index contributed by atoms with van der Waals surface area (Å²) in [5, 5.41) is 0. The summed E-state index contributed by atoms with van der Waals surface area (Å²) >= 11 is 0. The lowest BCUT2D eigenvalue weighted by atomic mass is 10.2. The van der Waals surface area contributed by atoms with Crippen LogP contribution in [-0.4, -0.2) is 16.3 Å². The van der Waals surface area contributed by atoms with E-state index in [0.29, 0.717) is 6.29 Å². The van der Waals surface area contributed by atoms with Crippen LogP contribution in [0.3, 0.4) is 0 Å². The molecule has 1 heterocycles. The Morgan fingerprint density at radius 2 is 2.08 bits per heavy atom. The topological polar surface area (TPSA) is 42.9 Å². The number of hydrogen-bond acceptors (Lipinski definition) is 3. The number of aldehydes is 1. The summed E-state index contributed by atoms with van der Waals surface area (Å²) in [5.41, 5.74) is -0.961. The van der Waals surface area contributed by atoms with E-state index in [4.69, 9.17) is 0 Å². The van der Waals surface area contributed by atoms with Crippen LogP contribution >= 0.6 is 0 Å². The lowest BCUT2D eigenvalue weighted by Gasteiger charge is -2.04. The zero-order valence-corrected chi connectivity index (χ0v) is 6.38. The van der Waals surface area contributed by atoms with E-state index in [1.165, 1.54) is 0 Å². The molecule has 0 saturated carbocycles. The van der Waals surface area contributed by atoms with Crippen molar-refractivity contribution in [3.63, 3.8) is 0 Å². The molecule has 0 aliphatic carbocycles. The highest BCUT2D eigenvalue weighted by atomic mass is 19.4. The quantitative estimate of drug-likeness (QED) is 0.659. The molecule has 0 fully saturated rings. The Labute approximate surface area is 71.6 Å². The highest BCUT2D eigenvalue weighted by molar-refractivity contribution is 5.53. The minimum Gasteiger partial charge on any atom is -0.303 e. The summed E-state index contributed by atoms with van der Waals surface area (Å²) in [6, 6.07) is 0.758. The highest BCUT2D eigenvalue weighted by Gasteiger charge is 2.32. The Kier molecular flexibility index (Phi) is 2.60. The van der Waals surface area contributed by atoms with Crippen LogP contribution < -0.4 is 0 Å². The molecule has 0 unspecified atom stereocenters. The lowest BCUT2D eigenvalue weighted by molar-refractivity contribution is -0.141. The second-order valence-corrected chi connectivity index (χ2v) is 2.26. The van der Waals surface area contributed by atoms with Gasteiger partial charge in [0.15, 0.2) is 0 Å². The zero-order chi connectivity index (χ0) is 9.90. The molecular weight excluding hydrogens is 185 g/mol. The molecule has 13 heavy (non-hydrogen) atoms. The monoisotopic (exact) mass is 190 g/mol. The van der Waals surface area contributed by atoms with E-state index < -0.39 is 11.9 Å². The summed E-state index contributed by atoms with van der Waals surface area (Å²) in [5.74, 6) is 0. The van der Waals surface area contributed by atoms with Gasteiger partial charge in [-0.1, -0.05) is 0 Å². The second-order valence-electron chi connectivity index (χ2n) is 2.26. The molecule has 1 aromatic heterocycles. The third-order valence-electron chi connectivity index (χ3n) is 1.31. The molecule has 1 aromatic rings. The molecular formula is C7H5F3N2O. The number of halogens is 3. The third kappa shape index (κ3) is 2.50. The van der Waals surface area contributed by atoms with Crippen LogP contribution in [0.2, 0.25) is 0 Å². The van der Waals surface area contributed by atoms with Gasteiger partial charge in [-0.15, -0.1) is 0 Å². The number of rotatable bonds is 2. The molecule has 0 aliphatic heterocycles. The van der Waals surface area contributed by atoms with Crippen LogP contribution in [-0.2, 0) is 17.4 Å². The zero-order valence-electron chi connectivity index (χ0n) is 6.38.